The third-order valence-electron chi connectivity index (χ3n) is 4.43. The molecule has 8 heteroatoms. The summed E-state index contributed by atoms with van der Waals surface area (Å²) in [6.45, 7) is 0.632. The van der Waals surface area contributed by atoms with Crippen molar-refractivity contribution in [3.05, 3.63) is 29.8 Å². The van der Waals surface area contributed by atoms with Crippen LogP contribution in [0.25, 0.3) is 0 Å². The van der Waals surface area contributed by atoms with Crippen LogP contribution in [-0.2, 0) is 14.8 Å². The van der Waals surface area contributed by atoms with Crippen molar-refractivity contribution in [2.75, 3.05) is 19.7 Å². The van der Waals surface area contributed by atoms with Gasteiger partial charge in [-0.1, -0.05) is 0 Å². The molecule has 2 aliphatic heterocycles. The minimum absolute atomic E-state index is 0.110. The van der Waals surface area contributed by atoms with Gasteiger partial charge in [0.15, 0.2) is 11.6 Å². The van der Waals surface area contributed by atoms with Gasteiger partial charge in [0.1, 0.15) is 0 Å². The second kappa shape index (κ2) is 5.52. The van der Waals surface area contributed by atoms with Crippen molar-refractivity contribution in [2.24, 2.45) is 0 Å². The zero-order valence-corrected chi connectivity index (χ0v) is 12.7. The van der Waals surface area contributed by atoms with E-state index < -0.39 is 33.4 Å². The van der Waals surface area contributed by atoms with Crippen LogP contribution in [0.5, 0.6) is 0 Å². The van der Waals surface area contributed by atoms with E-state index in [2.05, 4.69) is 0 Å². The molecule has 2 fully saturated rings. The summed E-state index contributed by atoms with van der Waals surface area (Å²) in [6, 6.07) is 2.47. The Balaban J connectivity index is 1.83. The minimum Gasteiger partial charge on any atom is -0.389 e. The number of sulfonamides is 1. The van der Waals surface area contributed by atoms with Gasteiger partial charge < -0.3 is 9.84 Å². The first-order valence-corrected chi connectivity index (χ1v) is 8.56. The quantitative estimate of drug-likeness (QED) is 0.885. The van der Waals surface area contributed by atoms with Gasteiger partial charge in [0.05, 0.1) is 16.6 Å². The fraction of sp³-hybridized carbons (Fsp3) is 0.571. The van der Waals surface area contributed by atoms with Gasteiger partial charge in [-0.3, -0.25) is 0 Å². The lowest BCUT2D eigenvalue weighted by Crippen LogP contribution is -2.56. The van der Waals surface area contributed by atoms with Crippen LogP contribution < -0.4 is 0 Å². The summed E-state index contributed by atoms with van der Waals surface area (Å²) in [6.07, 6.45) is 1.00. The summed E-state index contributed by atoms with van der Waals surface area (Å²) in [5.74, 6) is -2.31. The zero-order valence-electron chi connectivity index (χ0n) is 11.8. The second-order valence-corrected chi connectivity index (χ2v) is 7.66. The van der Waals surface area contributed by atoms with Gasteiger partial charge in [0.2, 0.25) is 10.0 Å². The number of halogens is 2. The number of β-amino-alcohol motifs (C(OH)–C–C–N with tert-alkyl or cyclic N) is 1. The lowest BCUT2D eigenvalue weighted by Gasteiger charge is -2.41. The molecule has 2 saturated heterocycles. The van der Waals surface area contributed by atoms with Gasteiger partial charge in [-0.05, 0) is 37.5 Å². The molecule has 2 aliphatic rings. The van der Waals surface area contributed by atoms with Gasteiger partial charge in [0.25, 0.3) is 0 Å². The van der Waals surface area contributed by atoms with Gasteiger partial charge in [-0.15, -0.1) is 0 Å². The summed E-state index contributed by atoms with van der Waals surface area (Å²) in [7, 11) is -3.97. The lowest BCUT2D eigenvalue weighted by atomic mass is 9.87. The molecule has 0 amide bonds. The summed E-state index contributed by atoms with van der Waals surface area (Å²) in [5, 5.41) is 10.3. The van der Waals surface area contributed by atoms with Crippen molar-refractivity contribution in [1.29, 1.82) is 0 Å². The van der Waals surface area contributed by atoms with Crippen LogP contribution in [-0.4, -0.2) is 49.2 Å². The summed E-state index contributed by atoms with van der Waals surface area (Å²) >= 11 is 0. The van der Waals surface area contributed by atoms with E-state index in [0.717, 1.165) is 22.9 Å². The van der Waals surface area contributed by atoms with E-state index in [1.54, 1.807) is 0 Å². The first-order valence-electron chi connectivity index (χ1n) is 7.12. The molecule has 1 aromatic carbocycles. The summed E-state index contributed by atoms with van der Waals surface area (Å²) < 4.78 is 57.9. The van der Waals surface area contributed by atoms with Crippen LogP contribution in [0, 0.1) is 11.6 Å². The van der Waals surface area contributed by atoms with Gasteiger partial charge in [0, 0.05) is 19.7 Å². The first-order chi connectivity index (χ1) is 10.3. The first kappa shape index (κ1) is 15.8. The number of benzene rings is 1. The second-order valence-electron chi connectivity index (χ2n) is 5.72. The number of nitrogens with zero attached hydrogens (tertiary/aromatic N) is 1. The molecule has 5 nitrogen and oxygen atoms in total. The highest BCUT2D eigenvalue weighted by Gasteiger charge is 2.47. The SMILES string of the molecule is O=S(=O)(c1ccc(F)c(F)c1)N1CC[C@@]2(CCCO2)[C@@H](O)C1. The fourth-order valence-electron chi connectivity index (χ4n) is 3.11. The van der Waals surface area contributed by atoms with E-state index in [-0.39, 0.29) is 18.0 Å². The Kier molecular flexibility index (Phi) is 3.96. The molecule has 0 radical (unpaired) electrons. The van der Waals surface area contributed by atoms with Crippen molar-refractivity contribution in [3.8, 4) is 0 Å². The van der Waals surface area contributed by atoms with E-state index in [1.165, 1.54) is 0 Å². The maximum absolute atomic E-state index is 13.3. The third kappa shape index (κ3) is 2.54. The van der Waals surface area contributed by atoms with E-state index in [1.807, 2.05) is 0 Å². The van der Waals surface area contributed by atoms with Crippen LogP contribution >= 0.6 is 0 Å². The Morgan fingerprint density at radius 3 is 2.64 bits per heavy atom. The molecule has 1 N–H and O–H groups in total. The van der Waals surface area contributed by atoms with Crippen molar-refractivity contribution >= 4 is 10.0 Å². The number of ether oxygens (including phenoxy) is 1. The van der Waals surface area contributed by atoms with Gasteiger partial charge >= 0.3 is 0 Å². The van der Waals surface area contributed by atoms with Crippen LogP contribution in [0.2, 0.25) is 0 Å². The number of piperidine rings is 1. The minimum atomic E-state index is -3.97. The number of hydrogen-bond acceptors (Lipinski definition) is 4. The van der Waals surface area contributed by atoms with Gasteiger partial charge in [-0.2, -0.15) is 4.31 Å². The molecule has 0 unspecified atom stereocenters. The topological polar surface area (TPSA) is 66.8 Å². The molecule has 122 valence electrons. The fourth-order valence-corrected chi connectivity index (χ4v) is 4.57. The Bertz CT molecular complexity index is 673. The average Bonchev–Trinajstić information content (AvgIpc) is 2.94. The molecule has 0 bridgehead atoms. The molecule has 3 rings (SSSR count). The highest BCUT2D eigenvalue weighted by molar-refractivity contribution is 7.89. The van der Waals surface area contributed by atoms with Crippen molar-refractivity contribution in [2.45, 2.75) is 35.9 Å². The molecule has 1 aromatic rings. The summed E-state index contributed by atoms with van der Waals surface area (Å²) in [4.78, 5) is -0.318. The van der Waals surface area contributed by atoms with E-state index in [9.17, 15) is 22.3 Å². The summed E-state index contributed by atoms with van der Waals surface area (Å²) in [5.41, 5.74) is -0.667. The molecular formula is C14H17F2NO4S. The molecule has 0 aliphatic carbocycles. The van der Waals surface area contributed by atoms with Crippen LogP contribution in [0.15, 0.2) is 23.1 Å². The number of hydrogen-bond donors (Lipinski definition) is 1. The normalized spacial score (nSPS) is 30.0. The molecule has 1 spiro atoms. The van der Waals surface area contributed by atoms with E-state index >= 15 is 0 Å². The predicted molar refractivity (Wildman–Crippen MR) is 73.7 cm³/mol. The predicted octanol–water partition coefficient (Wildman–Crippen LogP) is 1.27. The van der Waals surface area contributed by atoms with Crippen molar-refractivity contribution in [1.82, 2.24) is 4.31 Å². The molecule has 2 atom stereocenters. The lowest BCUT2D eigenvalue weighted by molar-refractivity contribution is -0.117. The number of rotatable bonds is 2. The monoisotopic (exact) mass is 333 g/mol. The van der Waals surface area contributed by atoms with Crippen molar-refractivity contribution < 1.29 is 27.0 Å². The number of aliphatic hydroxyl groups is 1. The molecular weight excluding hydrogens is 316 g/mol. The third-order valence-corrected chi connectivity index (χ3v) is 6.29. The average molecular weight is 333 g/mol. The zero-order chi connectivity index (χ0) is 16.0. The van der Waals surface area contributed by atoms with E-state index in [4.69, 9.17) is 4.74 Å². The Morgan fingerprint density at radius 2 is 2.05 bits per heavy atom. The smallest absolute Gasteiger partial charge is 0.243 e. The van der Waals surface area contributed by atoms with Crippen LogP contribution in [0.4, 0.5) is 8.78 Å². The highest BCUT2D eigenvalue weighted by atomic mass is 32.2. The molecule has 2 heterocycles. The van der Waals surface area contributed by atoms with Crippen molar-refractivity contribution in [3.63, 3.8) is 0 Å². The highest BCUT2D eigenvalue weighted by Crippen LogP contribution is 2.37. The van der Waals surface area contributed by atoms with E-state index in [0.29, 0.717) is 25.5 Å². The molecule has 0 saturated carbocycles. The van der Waals surface area contributed by atoms with Gasteiger partial charge in [-0.25, -0.2) is 17.2 Å². The van der Waals surface area contributed by atoms with Crippen LogP contribution in [0.3, 0.4) is 0 Å². The largest absolute Gasteiger partial charge is 0.389 e. The standard InChI is InChI=1S/C14H17F2NO4S/c15-11-3-2-10(8-12(11)16)22(19,20)17-6-5-14(13(18)9-17)4-1-7-21-14/h2-3,8,13,18H,1,4-7,9H2/t13-,14-/m0/s1. The Labute approximate surface area is 127 Å². The molecule has 0 aromatic heterocycles. The van der Waals surface area contributed by atoms with Crippen LogP contribution in [0.1, 0.15) is 19.3 Å². The Hall–Kier alpha value is -1.09. The number of aliphatic hydroxyl groups excluding tert-OH is 1. The maximum Gasteiger partial charge on any atom is 0.243 e. The molecule has 22 heavy (non-hydrogen) atoms. The Morgan fingerprint density at radius 1 is 1.27 bits per heavy atom. The maximum atomic E-state index is 13.3.